The molecule has 0 spiro atoms. The first-order chi connectivity index (χ1) is 13.6. The third-order valence-corrected chi connectivity index (χ3v) is 5.44. The zero-order chi connectivity index (χ0) is 19.7. The van der Waals surface area contributed by atoms with Gasteiger partial charge in [0.25, 0.3) is 0 Å². The van der Waals surface area contributed by atoms with Crippen molar-refractivity contribution in [1.29, 1.82) is 0 Å². The van der Waals surface area contributed by atoms with E-state index >= 15 is 0 Å². The van der Waals surface area contributed by atoms with Crippen LogP contribution in [-0.2, 0) is 12.8 Å². The summed E-state index contributed by atoms with van der Waals surface area (Å²) in [5.74, 6) is 0. The standard InChI is InChI=1S/C25H27N3/c1-5-18-7-13-24-22(15-18)23-16-19(6-2)8-14-25(23)28(24)17-26-20-9-11-21(12-10-20)27(3)4/h7-17H,5-6H2,1-4H3. The molecule has 142 valence electrons. The van der Waals surface area contributed by atoms with E-state index in [1.165, 1.54) is 38.6 Å². The molecular weight excluding hydrogens is 342 g/mol. The van der Waals surface area contributed by atoms with E-state index < -0.39 is 0 Å². The number of aromatic nitrogens is 1. The molecule has 0 saturated carbocycles. The minimum atomic E-state index is 0.955. The van der Waals surface area contributed by atoms with Gasteiger partial charge in [0.05, 0.1) is 16.7 Å². The highest BCUT2D eigenvalue weighted by Crippen LogP contribution is 2.30. The molecule has 3 aromatic carbocycles. The van der Waals surface area contributed by atoms with E-state index in [1.54, 1.807) is 0 Å². The molecule has 0 N–H and O–H groups in total. The number of anilines is 1. The van der Waals surface area contributed by atoms with Gasteiger partial charge in [0.1, 0.15) is 6.34 Å². The molecule has 0 radical (unpaired) electrons. The molecule has 1 heterocycles. The number of nitrogens with zero attached hydrogens (tertiary/aromatic N) is 3. The van der Waals surface area contributed by atoms with E-state index in [0.717, 1.165) is 18.5 Å². The Kier molecular flexibility index (Phi) is 4.91. The Bertz CT molecular complexity index is 1090. The third kappa shape index (κ3) is 3.29. The van der Waals surface area contributed by atoms with Crippen LogP contribution in [0.5, 0.6) is 0 Å². The molecular formula is C25H27N3. The minimum absolute atomic E-state index is 0.955. The van der Waals surface area contributed by atoms with Gasteiger partial charge < -0.3 is 4.90 Å². The number of benzene rings is 3. The molecule has 0 saturated heterocycles. The lowest BCUT2D eigenvalue weighted by molar-refractivity contribution is 1.13. The summed E-state index contributed by atoms with van der Waals surface area (Å²) in [6.45, 7) is 4.41. The predicted molar refractivity (Wildman–Crippen MR) is 123 cm³/mol. The molecule has 0 unspecified atom stereocenters. The largest absolute Gasteiger partial charge is 0.378 e. The average Bonchev–Trinajstić information content (AvgIpc) is 3.04. The van der Waals surface area contributed by atoms with Gasteiger partial charge >= 0.3 is 0 Å². The van der Waals surface area contributed by atoms with Gasteiger partial charge in [0.2, 0.25) is 0 Å². The Hall–Kier alpha value is -3.07. The number of hydrogen-bond donors (Lipinski definition) is 0. The molecule has 0 aliphatic rings. The number of fused-ring (bicyclic) bond motifs is 3. The van der Waals surface area contributed by atoms with Crippen LogP contribution in [0.15, 0.2) is 65.7 Å². The molecule has 3 heteroatoms. The number of hydrogen-bond acceptors (Lipinski definition) is 2. The van der Waals surface area contributed by atoms with Crippen molar-refractivity contribution >= 4 is 39.5 Å². The highest BCUT2D eigenvalue weighted by Gasteiger charge is 2.10. The number of aliphatic imine (C=N–C) groups is 1. The average molecular weight is 370 g/mol. The Labute approximate surface area is 166 Å². The fourth-order valence-electron chi connectivity index (χ4n) is 3.67. The van der Waals surface area contributed by atoms with Gasteiger partial charge in [-0.05, 0) is 72.5 Å². The van der Waals surface area contributed by atoms with Crippen molar-refractivity contribution in [3.8, 4) is 0 Å². The van der Waals surface area contributed by atoms with Crippen LogP contribution in [0.3, 0.4) is 0 Å². The van der Waals surface area contributed by atoms with Crippen LogP contribution in [0.25, 0.3) is 21.8 Å². The van der Waals surface area contributed by atoms with Crippen LogP contribution in [0.1, 0.15) is 25.0 Å². The van der Waals surface area contributed by atoms with Crippen molar-refractivity contribution in [3.05, 3.63) is 71.8 Å². The Morgan fingerprint density at radius 3 is 1.79 bits per heavy atom. The molecule has 1 aromatic heterocycles. The van der Waals surface area contributed by atoms with E-state index in [9.17, 15) is 0 Å². The van der Waals surface area contributed by atoms with Crippen molar-refractivity contribution < 1.29 is 0 Å². The van der Waals surface area contributed by atoms with E-state index in [0.29, 0.717) is 0 Å². The normalized spacial score (nSPS) is 11.7. The maximum Gasteiger partial charge on any atom is 0.100 e. The number of rotatable bonds is 5. The monoisotopic (exact) mass is 369 g/mol. The highest BCUT2D eigenvalue weighted by atomic mass is 15.1. The van der Waals surface area contributed by atoms with Crippen molar-refractivity contribution in [2.75, 3.05) is 19.0 Å². The zero-order valence-corrected chi connectivity index (χ0v) is 17.1. The lowest BCUT2D eigenvalue weighted by atomic mass is 10.1. The molecule has 0 atom stereocenters. The van der Waals surface area contributed by atoms with Crippen LogP contribution in [0.2, 0.25) is 0 Å². The van der Waals surface area contributed by atoms with Crippen LogP contribution < -0.4 is 4.90 Å². The molecule has 28 heavy (non-hydrogen) atoms. The van der Waals surface area contributed by atoms with Gasteiger partial charge in [-0.15, -0.1) is 0 Å². The highest BCUT2D eigenvalue weighted by molar-refractivity contribution is 6.11. The summed E-state index contributed by atoms with van der Waals surface area (Å²) < 4.78 is 2.21. The summed E-state index contributed by atoms with van der Waals surface area (Å²) in [4.78, 5) is 6.85. The Morgan fingerprint density at radius 2 is 1.32 bits per heavy atom. The molecule has 0 aliphatic heterocycles. The quantitative estimate of drug-likeness (QED) is 0.303. The van der Waals surface area contributed by atoms with Crippen molar-refractivity contribution in [2.45, 2.75) is 26.7 Å². The predicted octanol–water partition coefficient (Wildman–Crippen LogP) is 6.19. The second-order valence-electron chi connectivity index (χ2n) is 7.44. The lowest BCUT2D eigenvalue weighted by Crippen LogP contribution is -2.07. The first-order valence-electron chi connectivity index (χ1n) is 9.97. The zero-order valence-electron chi connectivity index (χ0n) is 17.1. The van der Waals surface area contributed by atoms with Gasteiger partial charge in [-0.2, -0.15) is 0 Å². The molecule has 0 amide bonds. The molecule has 0 bridgehead atoms. The van der Waals surface area contributed by atoms with Crippen molar-refractivity contribution in [3.63, 3.8) is 0 Å². The second kappa shape index (κ2) is 7.51. The smallest absolute Gasteiger partial charge is 0.100 e. The topological polar surface area (TPSA) is 20.5 Å². The molecule has 3 nitrogen and oxygen atoms in total. The van der Waals surface area contributed by atoms with Crippen LogP contribution in [0.4, 0.5) is 11.4 Å². The fourth-order valence-corrected chi connectivity index (χ4v) is 3.67. The second-order valence-corrected chi connectivity index (χ2v) is 7.44. The summed E-state index contributed by atoms with van der Waals surface area (Å²) >= 11 is 0. The van der Waals surface area contributed by atoms with Crippen molar-refractivity contribution in [2.24, 2.45) is 4.99 Å². The first kappa shape index (κ1) is 18.3. The van der Waals surface area contributed by atoms with Gasteiger partial charge in [0.15, 0.2) is 0 Å². The van der Waals surface area contributed by atoms with Crippen LogP contribution in [0, 0.1) is 0 Å². The maximum absolute atomic E-state index is 4.75. The summed E-state index contributed by atoms with van der Waals surface area (Å²) in [7, 11) is 4.09. The fraction of sp³-hybridized carbons (Fsp3) is 0.240. The van der Waals surface area contributed by atoms with E-state index in [-0.39, 0.29) is 0 Å². The SMILES string of the molecule is CCc1ccc2c(c1)c1cc(CC)ccc1n2C=Nc1ccc(N(C)C)cc1. The van der Waals surface area contributed by atoms with E-state index in [2.05, 4.69) is 84.0 Å². The van der Waals surface area contributed by atoms with Gasteiger partial charge in [-0.1, -0.05) is 26.0 Å². The molecule has 0 fully saturated rings. The van der Waals surface area contributed by atoms with Gasteiger partial charge in [-0.25, -0.2) is 4.99 Å². The Morgan fingerprint density at radius 1 is 0.786 bits per heavy atom. The summed E-state index contributed by atoms with van der Waals surface area (Å²) in [6, 6.07) is 21.9. The van der Waals surface area contributed by atoms with Gasteiger partial charge in [-0.3, -0.25) is 4.57 Å². The Balaban J connectivity index is 1.84. The maximum atomic E-state index is 4.75. The van der Waals surface area contributed by atoms with Crippen LogP contribution >= 0.6 is 0 Å². The summed E-state index contributed by atoms with van der Waals surface area (Å²) in [5, 5.41) is 2.61. The number of aryl methyl sites for hydroxylation is 2. The first-order valence-corrected chi connectivity index (χ1v) is 9.97. The van der Waals surface area contributed by atoms with E-state index in [1.807, 2.05) is 20.4 Å². The molecule has 4 rings (SSSR count). The summed E-state index contributed by atoms with van der Waals surface area (Å²) in [6.07, 6.45) is 4.04. The summed E-state index contributed by atoms with van der Waals surface area (Å²) in [5.41, 5.74) is 7.27. The third-order valence-electron chi connectivity index (χ3n) is 5.44. The van der Waals surface area contributed by atoms with E-state index in [4.69, 9.17) is 4.99 Å². The lowest BCUT2D eigenvalue weighted by Gasteiger charge is -2.11. The van der Waals surface area contributed by atoms with Crippen molar-refractivity contribution in [1.82, 2.24) is 4.57 Å². The van der Waals surface area contributed by atoms with Crippen LogP contribution in [-0.4, -0.2) is 25.0 Å². The van der Waals surface area contributed by atoms with Gasteiger partial charge in [0, 0.05) is 30.6 Å². The molecule has 4 aromatic rings. The minimum Gasteiger partial charge on any atom is -0.378 e. The molecule has 0 aliphatic carbocycles.